The van der Waals surface area contributed by atoms with E-state index in [0.29, 0.717) is 5.96 Å². The van der Waals surface area contributed by atoms with E-state index in [4.69, 9.17) is 17.5 Å². The molecular formula is C22H22N6O4S. The topological polar surface area (TPSA) is 148 Å². The van der Waals surface area contributed by atoms with Gasteiger partial charge < -0.3 is 0 Å². The van der Waals surface area contributed by atoms with Gasteiger partial charge in [-0.3, -0.25) is 9.11 Å². The Labute approximate surface area is 191 Å². The first-order chi connectivity index (χ1) is 15.9. The van der Waals surface area contributed by atoms with E-state index in [1.54, 1.807) is 18.6 Å². The first kappa shape index (κ1) is 25.1. The Kier molecular flexibility index (Phi) is 10.6. The van der Waals surface area contributed by atoms with Gasteiger partial charge in [-0.1, -0.05) is 91.0 Å². The van der Waals surface area contributed by atoms with E-state index in [2.05, 4.69) is 31.3 Å². The Morgan fingerprint density at radius 3 is 1.33 bits per heavy atom. The fourth-order valence-electron chi connectivity index (χ4n) is 2.18. The van der Waals surface area contributed by atoms with E-state index in [1.165, 1.54) is 0 Å². The van der Waals surface area contributed by atoms with Crippen molar-refractivity contribution in [2.75, 3.05) is 0 Å². The first-order valence-corrected chi connectivity index (χ1v) is 10.8. The van der Waals surface area contributed by atoms with Crippen LogP contribution in [0.5, 0.6) is 0 Å². The molecule has 0 aliphatic rings. The molecule has 0 amide bonds. The van der Waals surface area contributed by atoms with Gasteiger partial charge in [-0.2, -0.15) is 23.7 Å². The molecule has 0 heterocycles. The van der Waals surface area contributed by atoms with Crippen LogP contribution in [0.25, 0.3) is 0 Å². The number of hydrogen-bond donors (Lipinski definition) is 4. The summed E-state index contributed by atoms with van der Waals surface area (Å²) in [5.74, 6) is 0.298. The summed E-state index contributed by atoms with van der Waals surface area (Å²) >= 11 is 0. The Morgan fingerprint density at radius 2 is 0.970 bits per heavy atom. The largest absolute Gasteiger partial charge is 0.394 e. The zero-order valence-corrected chi connectivity index (χ0v) is 18.1. The summed E-state index contributed by atoms with van der Waals surface area (Å²) in [7, 11) is -4.67. The molecule has 0 atom stereocenters. The Hall–Kier alpha value is -4.19. The third-order valence-electron chi connectivity index (χ3n) is 3.53. The summed E-state index contributed by atoms with van der Waals surface area (Å²) in [5, 5.41) is 16.6. The predicted molar refractivity (Wildman–Crippen MR) is 130 cm³/mol. The average Bonchev–Trinajstić information content (AvgIpc) is 2.80. The molecule has 10 nitrogen and oxygen atoms in total. The molecule has 0 spiro atoms. The van der Waals surface area contributed by atoms with Crippen molar-refractivity contribution in [2.45, 2.75) is 0 Å². The minimum atomic E-state index is -4.67. The standard InChI is InChI=1S/C22H20N6.H2O4S/c1-4-10-19(11-5-1)16-23-26-22(27-24-17-20-12-6-2-7-13-20)28-25-18-21-14-8-3-9-15-21;1-5(2,3)4/h1-18H,(H2,26,27,28);(H2,1,2,3,4)/b23-16-,24-17+,25-18+;. The maximum Gasteiger partial charge on any atom is 0.394 e. The highest BCUT2D eigenvalue weighted by atomic mass is 32.3. The van der Waals surface area contributed by atoms with E-state index in [9.17, 15) is 0 Å². The number of nitrogens with zero attached hydrogens (tertiary/aromatic N) is 4. The molecule has 33 heavy (non-hydrogen) atoms. The molecule has 0 radical (unpaired) electrons. The van der Waals surface area contributed by atoms with Crippen molar-refractivity contribution in [3.63, 3.8) is 0 Å². The molecule has 170 valence electrons. The molecule has 0 aromatic heterocycles. The van der Waals surface area contributed by atoms with Gasteiger partial charge >= 0.3 is 10.4 Å². The third kappa shape index (κ3) is 13.0. The van der Waals surface area contributed by atoms with Crippen LogP contribution in [0, 0.1) is 0 Å². The van der Waals surface area contributed by atoms with Crippen molar-refractivity contribution in [3.8, 4) is 0 Å². The van der Waals surface area contributed by atoms with Crippen LogP contribution in [-0.2, 0) is 10.4 Å². The van der Waals surface area contributed by atoms with Crippen molar-refractivity contribution in [1.82, 2.24) is 10.9 Å². The maximum atomic E-state index is 8.74. The molecule has 3 aromatic rings. The minimum absolute atomic E-state index is 0.298. The van der Waals surface area contributed by atoms with E-state index >= 15 is 0 Å². The van der Waals surface area contributed by atoms with Gasteiger partial charge in [0.25, 0.3) is 5.96 Å². The van der Waals surface area contributed by atoms with E-state index < -0.39 is 10.4 Å². The van der Waals surface area contributed by atoms with Gasteiger partial charge in [-0.25, -0.2) is 10.9 Å². The molecular weight excluding hydrogens is 444 g/mol. The fraction of sp³-hybridized carbons (Fsp3) is 0. The lowest BCUT2D eigenvalue weighted by Crippen LogP contribution is -2.30. The molecule has 0 unspecified atom stereocenters. The van der Waals surface area contributed by atoms with Crippen molar-refractivity contribution >= 4 is 35.0 Å². The van der Waals surface area contributed by atoms with Crippen molar-refractivity contribution < 1.29 is 17.5 Å². The van der Waals surface area contributed by atoms with Crippen LogP contribution in [0.1, 0.15) is 16.7 Å². The molecule has 0 fully saturated rings. The van der Waals surface area contributed by atoms with Crippen molar-refractivity contribution in [2.24, 2.45) is 20.4 Å². The number of benzene rings is 3. The van der Waals surface area contributed by atoms with E-state index in [0.717, 1.165) is 16.7 Å². The smallest absolute Gasteiger partial charge is 0.264 e. The summed E-state index contributed by atoms with van der Waals surface area (Å²) in [5.41, 5.74) is 8.53. The Balaban J connectivity index is 0.000000696. The molecule has 0 aliphatic carbocycles. The Morgan fingerprint density at radius 1 is 0.636 bits per heavy atom. The second kappa shape index (κ2) is 14.0. The quantitative estimate of drug-likeness (QED) is 0.190. The summed E-state index contributed by atoms with van der Waals surface area (Å²) in [4.78, 5) is 0. The van der Waals surface area contributed by atoms with Gasteiger partial charge in [0.15, 0.2) is 0 Å². The lowest BCUT2D eigenvalue weighted by Gasteiger charge is -2.02. The van der Waals surface area contributed by atoms with Crippen LogP contribution in [0.2, 0.25) is 0 Å². The van der Waals surface area contributed by atoms with Gasteiger partial charge in [0.05, 0.1) is 18.6 Å². The average molecular weight is 467 g/mol. The molecule has 11 heteroatoms. The highest BCUT2D eigenvalue weighted by molar-refractivity contribution is 7.79. The fourth-order valence-corrected chi connectivity index (χ4v) is 2.18. The normalized spacial score (nSPS) is 12.0. The lowest BCUT2D eigenvalue weighted by atomic mass is 10.2. The highest BCUT2D eigenvalue weighted by Gasteiger charge is 1.94. The third-order valence-corrected chi connectivity index (χ3v) is 3.53. The summed E-state index contributed by atoms with van der Waals surface area (Å²) in [6.07, 6.45) is 5.04. The van der Waals surface area contributed by atoms with Gasteiger partial charge in [0.2, 0.25) is 0 Å². The van der Waals surface area contributed by atoms with Gasteiger partial charge in [0.1, 0.15) is 0 Å². The number of hydrogen-bond acceptors (Lipinski definition) is 6. The number of nitrogens with one attached hydrogen (secondary N) is 2. The molecule has 0 saturated heterocycles. The van der Waals surface area contributed by atoms with Crippen LogP contribution in [0.4, 0.5) is 0 Å². The molecule has 0 saturated carbocycles. The number of guanidine groups is 1. The van der Waals surface area contributed by atoms with Crippen LogP contribution in [-0.4, -0.2) is 42.1 Å². The van der Waals surface area contributed by atoms with Crippen LogP contribution in [0.15, 0.2) is 111 Å². The maximum absolute atomic E-state index is 8.74. The number of rotatable bonds is 6. The SMILES string of the molecule is C(=N/NC(=N/N=C/c1ccccc1)N/N=C/c1ccccc1)/c1ccccc1.O=S(=O)(O)O. The zero-order chi connectivity index (χ0) is 23.8. The van der Waals surface area contributed by atoms with E-state index in [1.807, 2.05) is 91.0 Å². The van der Waals surface area contributed by atoms with Crippen LogP contribution < -0.4 is 10.9 Å². The highest BCUT2D eigenvalue weighted by Crippen LogP contribution is 1.95. The molecule has 3 aromatic carbocycles. The predicted octanol–water partition coefficient (Wildman–Crippen LogP) is 2.97. The number of hydrazone groups is 2. The van der Waals surface area contributed by atoms with Gasteiger partial charge in [-0.15, -0.1) is 5.10 Å². The summed E-state index contributed by atoms with van der Waals surface area (Å²) in [6.45, 7) is 0. The minimum Gasteiger partial charge on any atom is -0.264 e. The molecule has 4 N–H and O–H groups in total. The van der Waals surface area contributed by atoms with E-state index in [-0.39, 0.29) is 0 Å². The van der Waals surface area contributed by atoms with Crippen LogP contribution >= 0.6 is 0 Å². The molecule has 3 rings (SSSR count). The van der Waals surface area contributed by atoms with Gasteiger partial charge in [-0.05, 0) is 16.7 Å². The lowest BCUT2D eigenvalue weighted by molar-refractivity contribution is 0.381. The first-order valence-electron chi connectivity index (χ1n) is 9.44. The monoisotopic (exact) mass is 466 g/mol. The second-order valence-electron chi connectivity index (χ2n) is 6.11. The van der Waals surface area contributed by atoms with Gasteiger partial charge in [0, 0.05) is 0 Å². The zero-order valence-electron chi connectivity index (χ0n) is 17.3. The summed E-state index contributed by atoms with van der Waals surface area (Å²) < 4.78 is 31.6. The molecule has 0 bridgehead atoms. The van der Waals surface area contributed by atoms with Crippen molar-refractivity contribution in [1.29, 1.82) is 0 Å². The van der Waals surface area contributed by atoms with Crippen LogP contribution in [0.3, 0.4) is 0 Å². The Bertz CT molecular complexity index is 1120. The second-order valence-corrected chi connectivity index (χ2v) is 7.01. The summed E-state index contributed by atoms with van der Waals surface area (Å²) in [6, 6.07) is 29.2. The van der Waals surface area contributed by atoms with Crippen molar-refractivity contribution in [3.05, 3.63) is 108 Å². The molecule has 0 aliphatic heterocycles.